The molecule has 0 radical (unpaired) electrons. The quantitative estimate of drug-likeness (QED) is 0.884. The highest BCUT2D eigenvalue weighted by molar-refractivity contribution is 7.91. The Morgan fingerprint density at radius 1 is 1.47 bits per heavy atom. The van der Waals surface area contributed by atoms with E-state index >= 15 is 0 Å². The van der Waals surface area contributed by atoms with Crippen LogP contribution in [-0.4, -0.2) is 29.6 Å². The number of rotatable bonds is 5. The molecule has 6 nitrogen and oxygen atoms in total. The van der Waals surface area contributed by atoms with Gasteiger partial charge in [-0.25, -0.2) is 8.42 Å². The molecule has 0 aromatic carbocycles. The van der Waals surface area contributed by atoms with Gasteiger partial charge in [0.15, 0.2) is 0 Å². The van der Waals surface area contributed by atoms with Crippen molar-refractivity contribution in [3.8, 4) is 0 Å². The van der Waals surface area contributed by atoms with E-state index < -0.39 is 10.0 Å². The van der Waals surface area contributed by atoms with Crippen LogP contribution < -0.4 is 5.73 Å². The minimum Gasteiger partial charge on any atom is -0.326 e. The smallest absolute Gasteiger partial charge is 0.252 e. The maximum absolute atomic E-state index is 12.3. The third-order valence-corrected chi connectivity index (χ3v) is 5.96. The number of thiophene rings is 1. The lowest BCUT2D eigenvalue weighted by molar-refractivity contribution is 0.468. The normalized spacial score (nSPS) is 12.2. The second-order valence-corrected chi connectivity index (χ2v) is 7.44. The van der Waals surface area contributed by atoms with Crippen LogP contribution in [0.4, 0.5) is 0 Å². The van der Waals surface area contributed by atoms with Gasteiger partial charge >= 0.3 is 0 Å². The van der Waals surface area contributed by atoms with E-state index in [0.717, 1.165) is 11.1 Å². The largest absolute Gasteiger partial charge is 0.326 e. The molecule has 2 aromatic heterocycles. The lowest BCUT2D eigenvalue weighted by Gasteiger charge is -2.14. The van der Waals surface area contributed by atoms with Gasteiger partial charge in [0.25, 0.3) is 10.0 Å². The van der Waals surface area contributed by atoms with Crippen molar-refractivity contribution in [2.75, 3.05) is 7.05 Å². The van der Waals surface area contributed by atoms with Gasteiger partial charge in [-0.15, -0.1) is 11.3 Å². The van der Waals surface area contributed by atoms with E-state index in [1.807, 2.05) is 0 Å². The maximum atomic E-state index is 12.3. The molecule has 0 amide bonds. The molecule has 0 atom stereocenters. The molecule has 0 aliphatic heterocycles. The summed E-state index contributed by atoms with van der Waals surface area (Å²) in [6.45, 7) is 0.643. The predicted molar refractivity (Wildman–Crippen MR) is 74.1 cm³/mol. The Morgan fingerprint density at radius 3 is 2.74 bits per heavy atom. The zero-order valence-electron chi connectivity index (χ0n) is 10.8. The van der Waals surface area contributed by atoms with Gasteiger partial charge in [0.2, 0.25) is 0 Å². The SMILES string of the molecule is CN(Cc1cnn(C)c1)S(=O)(=O)c1cc(CN)cs1. The van der Waals surface area contributed by atoms with E-state index in [0.29, 0.717) is 17.3 Å². The number of sulfonamides is 1. The third kappa shape index (κ3) is 3.03. The van der Waals surface area contributed by atoms with Gasteiger partial charge in [-0.1, -0.05) is 0 Å². The number of nitrogens with zero attached hydrogens (tertiary/aromatic N) is 3. The fourth-order valence-electron chi connectivity index (χ4n) is 1.64. The van der Waals surface area contributed by atoms with E-state index in [9.17, 15) is 8.42 Å². The Hall–Kier alpha value is -1.22. The molecule has 2 heterocycles. The molecular formula is C11H16N4O2S2. The number of hydrogen-bond acceptors (Lipinski definition) is 5. The van der Waals surface area contributed by atoms with Crippen LogP contribution in [0.25, 0.3) is 0 Å². The molecule has 0 saturated carbocycles. The lowest BCUT2D eigenvalue weighted by Crippen LogP contribution is -2.25. The van der Waals surface area contributed by atoms with Crippen molar-refractivity contribution in [1.29, 1.82) is 0 Å². The molecule has 0 unspecified atom stereocenters. The van der Waals surface area contributed by atoms with Crippen LogP contribution in [-0.2, 0) is 30.2 Å². The van der Waals surface area contributed by atoms with Gasteiger partial charge < -0.3 is 5.73 Å². The predicted octanol–water partition coefficient (Wildman–Crippen LogP) is 0.761. The molecule has 0 bridgehead atoms. The minimum atomic E-state index is -3.46. The molecule has 0 fully saturated rings. The highest BCUT2D eigenvalue weighted by Crippen LogP contribution is 2.23. The summed E-state index contributed by atoms with van der Waals surface area (Å²) in [5, 5.41) is 5.79. The average Bonchev–Trinajstić information content (AvgIpc) is 2.98. The topological polar surface area (TPSA) is 81.2 Å². The van der Waals surface area contributed by atoms with Crippen LogP contribution in [0.1, 0.15) is 11.1 Å². The summed E-state index contributed by atoms with van der Waals surface area (Å²) in [6, 6.07) is 1.62. The van der Waals surface area contributed by atoms with Crippen molar-refractivity contribution in [3.63, 3.8) is 0 Å². The summed E-state index contributed by atoms with van der Waals surface area (Å²) in [6.07, 6.45) is 3.46. The maximum Gasteiger partial charge on any atom is 0.252 e. The number of aromatic nitrogens is 2. The first-order chi connectivity index (χ1) is 8.93. The first-order valence-electron chi connectivity index (χ1n) is 5.65. The Kier molecular flexibility index (Phi) is 4.04. The summed E-state index contributed by atoms with van der Waals surface area (Å²) >= 11 is 1.19. The molecule has 0 aliphatic carbocycles. The summed E-state index contributed by atoms with van der Waals surface area (Å²) in [5.74, 6) is 0. The van der Waals surface area contributed by atoms with Crippen molar-refractivity contribution in [1.82, 2.24) is 14.1 Å². The van der Waals surface area contributed by atoms with Gasteiger partial charge in [-0.3, -0.25) is 4.68 Å². The second-order valence-electron chi connectivity index (χ2n) is 4.26. The summed E-state index contributed by atoms with van der Waals surface area (Å²) < 4.78 is 28.0. The molecule has 104 valence electrons. The highest BCUT2D eigenvalue weighted by atomic mass is 32.2. The molecule has 0 aliphatic rings. The fourth-order valence-corrected chi connectivity index (χ4v) is 4.23. The zero-order valence-corrected chi connectivity index (χ0v) is 12.4. The molecule has 0 spiro atoms. The minimum absolute atomic E-state index is 0.298. The summed E-state index contributed by atoms with van der Waals surface area (Å²) in [5.41, 5.74) is 7.18. The van der Waals surface area contributed by atoms with Crippen LogP contribution in [0.15, 0.2) is 28.0 Å². The van der Waals surface area contributed by atoms with Gasteiger partial charge in [-0.05, 0) is 17.0 Å². The zero-order chi connectivity index (χ0) is 14.0. The van der Waals surface area contributed by atoms with Crippen LogP contribution in [0.2, 0.25) is 0 Å². The van der Waals surface area contributed by atoms with Crippen LogP contribution >= 0.6 is 11.3 Å². The molecule has 2 rings (SSSR count). The molecule has 2 N–H and O–H groups in total. The number of aryl methyl sites for hydroxylation is 1. The van der Waals surface area contributed by atoms with Gasteiger partial charge in [0, 0.05) is 38.9 Å². The molecule has 8 heteroatoms. The van der Waals surface area contributed by atoms with E-state index in [2.05, 4.69) is 5.10 Å². The monoisotopic (exact) mass is 300 g/mol. The van der Waals surface area contributed by atoms with Crippen molar-refractivity contribution in [3.05, 3.63) is 35.0 Å². The van der Waals surface area contributed by atoms with Gasteiger partial charge in [-0.2, -0.15) is 9.40 Å². The Morgan fingerprint density at radius 2 is 2.21 bits per heavy atom. The van der Waals surface area contributed by atoms with Crippen molar-refractivity contribution >= 4 is 21.4 Å². The Labute approximate surface area is 116 Å². The van der Waals surface area contributed by atoms with E-state index in [-0.39, 0.29) is 0 Å². The number of hydrogen-bond donors (Lipinski definition) is 1. The molecule has 2 aromatic rings. The number of nitrogens with two attached hydrogens (primary N) is 1. The molecular weight excluding hydrogens is 284 g/mol. The van der Waals surface area contributed by atoms with Crippen molar-refractivity contribution < 1.29 is 8.42 Å². The second kappa shape index (κ2) is 5.41. The molecule has 0 saturated heterocycles. The summed E-state index contributed by atoms with van der Waals surface area (Å²) in [7, 11) is -0.102. The first-order valence-corrected chi connectivity index (χ1v) is 7.97. The van der Waals surface area contributed by atoms with E-state index in [4.69, 9.17) is 5.73 Å². The molecule has 19 heavy (non-hydrogen) atoms. The van der Waals surface area contributed by atoms with Crippen LogP contribution in [0, 0.1) is 0 Å². The van der Waals surface area contributed by atoms with Gasteiger partial charge in [0.05, 0.1) is 6.20 Å². The first kappa shape index (κ1) is 14.2. The highest BCUT2D eigenvalue weighted by Gasteiger charge is 2.23. The van der Waals surface area contributed by atoms with E-state index in [1.165, 1.54) is 15.6 Å². The fraction of sp³-hybridized carbons (Fsp3) is 0.364. The summed E-state index contributed by atoms with van der Waals surface area (Å²) in [4.78, 5) is 0. The standard InChI is InChI=1S/C11H16N4O2S2/c1-14-6-10(5-13-14)7-15(2)19(16,17)11-3-9(4-12)8-18-11/h3,5-6,8H,4,7,12H2,1-2H3. The lowest BCUT2D eigenvalue weighted by atomic mass is 10.4. The van der Waals surface area contributed by atoms with Crippen LogP contribution in [0.3, 0.4) is 0 Å². The van der Waals surface area contributed by atoms with Crippen LogP contribution in [0.5, 0.6) is 0 Å². The third-order valence-electron chi connectivity index (χ3n) is 2.69. The Balaban J connectivity index is 2.19. The van der Waals surface area contributed by atoms with Crippen molar-refractivity contribution in [2.45, 2.75) is 17.3 Å². The van der Waals surface area contributed by atoms with Crippen molar-refractivity contribution in [2.24, 2.45) is 12.8 Å². The van der Waals surface area contributed by atoms with Gasteiger partial charge in [0.1, 0.15) is 4.21 Å². The van der Waals surface area contributed by atoms with E-state index in [1.54, 1.807) is 42.6 Å². The average molecular weight is 300 g/mol. The Bertz CT molecular complexity index is 660.